The van der Waals surface area contributed by atoms with Crippen molar-refractivity contribution in [3.05, 3.63) is 41.6 Å². The molecule has 0 aliphatic heterocycles. The van der Waals surface area contributed by atoms with E-state index in [2.05, 4.69) is 15.3 Å². The number of nitrogens with one attached hydrogen (secondary N) is 1. The van der Waals surface area contributed by atoms with E-state index >= 15 is 0 Å². The predicted molar refractivity (Wildman–Crippen MR) is 82.2 cm³/mol. The Bertz CT molecular complexity index is 605. The predicted octanol–water partition coefficient (Wildman–Crippen LogP) is 3.16. The summed E-state index contributed by atoms with van der Waals surface area (Å²) < 4.78 is 4.86. The van der Waals surface area contributed by atoms with E-state index in [4.69, 9.17) is 16.3 Å². The first-order valence-corrected chi connectivity index (χ1v) is 7.06. The number of carbonyl (C=O) groups is 1. The molecule has 0 saturated carbocycles. The smallest absolute Gasteiger partial charge is 0.307 e. The van der Waals surface area contributed by atoms with Gasteiger partial charge in [0, 0.05) is 18.2 Å². The molecule has 0 fully saturated rings. The van der Waals surface area contributed by atoms with Crippen molar-refractivity contribution in [3.8, 4) is 11.4 Å². The van der Waals surface area contributed by atoms with Crippen LogP contribution in [0.1, 0.15) is 13.3 Å². The number of carbonyl (C=O) groups excluding carboxylic acids is 1. The normalized spacial score (nSPS) is 10.2. The van der Waals surface area contributed by atoms with Crippen LogP contribution in [-0.2, 0) is 9.53 Å². The summed E-state index contributed by atoms with van der Waals surface area (Å²) in [5.74, 6) is 0.883. The molecule has 0 aliphatic carbocycles. The van der Waals surface area contributed by atoms with E-state index in [1.54, 1.807) is 13.0 Å². The van der Waals surface area contributed by atoms with Gasteiger partial charge in [0.05, 0.1) is 13.0 Å². The summed E-state index contributed by atoms with van der Waals surface area (Å²) in [6.45, 7) is 2.60. The van der Waals surface area contributed by atoms with Gasteiger partial charge >= 0.3 is 5.97 Å². The van der Waals surface area contributed by atoms with E-state index in [0.717, 1.165) is 5.56 Å². The summed E-state index contributed by atoms with van der Waals surface area (Å²) in [5.41, 5.74) is 0.883. The highest BCUT2D eigenvalue weighted by Gasteiger charge is 2.06. The van der Waals surface area contributed by atoms with Gasteiger partial charge in [-0.05, 0) is 6.92 Å². The molecule has 0 unspecified atom stereocenters. The van der Waals surface area contributed by atoms with Crippen LogP contribution in [0.4, 0.5) is 5.82 Å². The van der Waals surface area contributed by atoms with Crippen molar-refractivity contribution in [2.24, 2.45) is 0 Å². The lowest BCUT2D eigenvalue weighted by molar-refractivity contribution is -0.142. The van der Waals surface area contributed by atoms with Crippen LogP contribution in [0.2, 0.25) is 5.15 Å². The highest BCUT2D eigenvalue weighted by molar-refractivity contribution is 6.29. The average molecular weight is 306 g/mol. The van der Waals surface area contributed by atoms with Crippen LogP contribution in [0.25, 0.3) is 11.4 Å². The molecule has 0 atom stereocenters. The molecule has 2 rings (SSSR count). The fraction of sp³-hybridized carbons (Fsp3) is 0.267. The Kier molecular flexibility index (Phi) is 5.51. The van der Waals surface area contributed by atoms with Gasteiger partial charge in [-0.15, -0.1) is 0 Å². The molecule has 0 aliphatic rings. The monoisotopic (exact) mass is 305 g/mol. The van der Waals surface area contributed by atoms with Gasteiger partial charge in [0.25, 0.3) is 0 Å². The van der Waals surface area contributed by atoms with Crippen LogP contribution in [0.5, 0.6) is 0 Å². The zero-order valence-corrected chi connectivity index (χ0v) is 12.4. The van der Waals surface area contributed by atoms with Crippen LogP contribution in [0, 0.1) is 0 Å². The second-order valence-electron chi connectivity index (χ2n) is 4.25. The maximum Gasteiger partial charge on any atom is 0.307 e. The Morgan fingerprint density at radius 2 is 2.05 bits per heavy atom. The van der Waals surface area contributed by atoms with Crippen LogP contribution in [0.3, 0.4) is 0 Å². The van der Waals surface area contributed by atoms with Gasteiger partial charge in [0.15, 0.2) is 5.82 Å². The summed E-state index contributed by atoms with van der Waals surface area (Å²) in [4.78, 5) is 19.9. The number of anilines is 1. The zero-order valence-electron chi connectivity index (χ0n) is 11.7. The van der Waals surface area contributed by atoms with Gasteiger partial charge in [-0.3, -0.25) is 4.79 Å². The average Bonchev–Trinajstić information content (AvgIpc) is 2.48. The Hall–Kier alpha value is -2.14. The molecular weight excluding hydrogens is 290 g/mol. The number of nitrogens with zero attached hydrogens (tertiary/aromatic N) is 2. The SMILES string of the molecule is CCOC(=O)CCNc1cc(Cl)nc(-c2ccccc2)n1. The lowest BCUT2D eigenvalue weighted by Crippen LogP contribution is -2.12. The number of ether oxygens (including phenoxy) is 1. The summed E-state index contributed by atoms with van der Waals surface area (Å²) in [6.07, 6.45) is 0.274. The second kappa shape index (κ2) is 7.59. The largest absolute Gasteiger partial charge is 0.466 e. The first-order chi connectivity index (χ1) is 10.2. The van der Waals surface area contributed by atoms with E-state index in [9.17, 15) is 4.79 Å². The second-order valence-corrected chi connectivity index (χ2v) is 4.63. The van der Waals surface area contributed by atoms with Gasteiger partial charge in [0.2, 0.25) is 0 Å². The summed E-state index contributed by atoms with van der Waals surface area (Å²) >= 11 is 6.01. The van der Waals surface area contributed by atoms with Crippen molar-refractivity contribution < 1.29 is 9.53 Å². The number of halogens is 1. The van der Waals surface area contributed by atoms with Gasteiger partial charge in [-0.1, -0.05) is 41.9 Å². The molecule has 6 heteroatoms. The minimum atomic E-state index is -0.242. The maximum absolute atomic E-state index is 11.3. The summed E-state index contributed by atoms with van der Waals surface area (Å²) in [7, 11) is 0. The fourth-order valence-corrected chi connectivity index (χ4v) is 1.93. The standard InChI is InChI=1S/C15H16ClN3O2/c1-2-21-14(20)8-9-17-13-10-12(16)18-15(19-13)11-6-4-3-5-7-11/h3-7,10H,2,8-9H2,1H3,(H,17,18,19). The van der Waals surface area contributed by atoms with E-state index in [-0.39, 0.29) is 12.4 Å². The van der Waals surface area contributed by atoms with Crippen LogP contribution >= 0.6 is 11.6 Å². The number of benzene rings is 1. The van der Waals surface area contributed by atoms with Crippen LogP contribution < -0.4 is 5.32 Å². The zero-order chi connectivity index (χ0) is 15.1. The summed E-state index contributed by atoms with van der Waals surface area (Å²) in [6, 6.07) is 11.2. The molecule has 0 saturated heterocycles. The highest BCUT2D eigenvalue weighted by atomic mass is 35.5. The van der Waals surface area contributed by atoms with Crippen molar-refractivity contribution in [2.45, 2.75) is 13.3 Å². The van der Waals surface area contributed by atoms with Gasteiger partial charge in [-0.25, -0.2) is 9.97 Å². The summed E-state index contributed by atoms with van der Waals surface area (Å²) in [5, 5.41) is 3.40. The molecular formula is C15H16ClN3O2. The van der Waals surface area contributed by atoms with Crippen molar-refractivity contribution in [1.82, 2.24) is 9.97 Å². The molecule has 0 bridgehead atoms. The number of esters is 1. The van der Waals surface area contributed by atoms with Crippen molar-refractivity contribution in [3.63, 3.8) is 0 Å². The lowest BCUT2D eigenvalue weighted by atomic mass is 10.2. The van der Waals surface area contributed by atoms with Gasteiger partial charge < -0.3 is 10.1 Å². The third kappa shape index (κ3) is 4.72. The van der Waals surface area contributed by atoms with E-state index < -0.39 is 0 Å². The molecule has 1 N–H and O–H groups in total. The molecule has 1 aromatic carbocycles. The molecule has 1 aromatic heterocycles. The molecule has 5 nitrogen and oxygen atoms in total. The van der Waals surface area contributed by atoms with Crippen LogP contribution in [-0.4, -0.2) is 29.1 Å². The molecule has 2 aromatic rings. The maximum atomic E-state index is 11.3. The number of aromatic nitrogens is 2. The number of rotatable bonds is 6. The van der Waals surface area contributed by atoms with Gasteiger partial charge in [-0.2, -0.15) is 0 Å². The van der Waals surface area contributed by atoms with E-state index in [1.165, 1.54) is 0 Å². The quantitative estimate of drug-likeness (QED) is 0.656. The van der Waals surface area contributed by atoms with E-state index in [1.807, 2.05) is 30.3 Å². The number of hydrogen-bond acceptors (Lipinski definition) is 5. The molecule has 110 valence electrons. The molecule has 0 spiro atoms. The highest BCUT2D eigenvalue weighted by Crippen LogP contribution is 2.19. The fourth-order valence-electron chi connectivity index (χ4n) is 1.75. The lowest BCUT2D eigenvalue weighted by Gasteiger charge is -2.08. The Morgan fingerprint density at radius 1 is 1.29 bits per heavy atom. The van der Waals surface area contributed by atoms with Crippen LogP contribution in [0.15, 0.2) is 36.4 Å². The van der Waals surface area contributed by atoms with Gasteiger partial charge in [0.1, 0.15) is 11.0 Å². The molecule has 21 heavy (non-hydrogen) atoms. The third-order valence-corrected chi connectivity index (χ3v) is 2.86. The van der Waals surface area contributed by atoms with Crippen molar-refractivity contribution in [2.75, 3.05) is 18.5 Å². The van der Waals surface area contributed by atoms with E-state index in [0.29, 0.717) is 29.9 Å². The van der Waals surface area contributed by atoms with Crippen molar-refractivity contribution >= 4 is 23.4 Å². The Morgan fingerprint density at radius 3 is 2.76 bits per heavy atom. The minimum absolute atomic E-state index is 0.242. The minimum Gasteiger partial charge on any atom is -0.466 e. The molecule has 0 amide bonds. The molecule has 0 radical (unpaired) electrons. The molecule has 1 heterocycles. The van der Waals surface area contributed by atoms with Crippen molar-refractivity contribution in [1.29, 1.82) is 0 Å². The Balaban J connectivity index is 2.04. The first kappa shape index (κ1) is 15.3. The number of hydrogen-bond donors (Lipinski definition) is 1. The Labute approximate surface area is 128 Å². The first-order valence-electron chi connectivity index (χ1n) is 6.68. The topological polar surface area (TPSA) is 64.1 Å². The third-order valence-electron chi connectivity index (χ3n) is 2.67.